The zero-order chi connectivity index (χ0) is 18.4. The van der Waals surface area contributed by atoms with Crippen molar-refractivity contribution in [1.29, 1.82) is 0 Å². The highest BCUT2D eigenvalue weighted by atomic mass is 19.1. The van der Waals surface area contributed by atoms with Crippen molar-refractivity contribution in [3.8, 4) is 11.3 Å². The second-order valence-corrected chi connectivity index (χ2v) is 5.99. The first kappa shape index (κ1) is 17.7. The summed E-state index contributed by atoms with van der Waals surface area (Å²) < 4.78 is 12.9. The first-order valence-electron chi connectivity index (χ1n) is 8.44. The molecule has 0 unspecified atom stereocenters. The number of hydrogen-bond donors (Lipinski definition) is 1. The van der Waals surface area contributed by atoms with Gasteiger partial charge in [0.1, 0.15) is 5.82 Å². The molecule has 0 aliphatic heterocycles. The third kappa shape index (κ3) is 4.47. The van der Waals surface area contributed by atoms with E-state index in [0.29, 0.717) is 24.2 Å². The number of benzene rings is 1. The Labute approximate surface area is 151 Å². The Morgan fingerprint density at radius 1 is 1.04 bits per heavy atom. The van der Waals surface area contributed by atoms with E-state index >= 15 is 0 Å². The van der Waals surface area contributed by atoms with Crippen LogP contribution in [0, 0.1) is 5.82 Å². The molecule has 1 aromatic carbocycles. The van der Waals surface area contributed by atoms with Crippen LogP contribution in [0.15, 0.2) is 55.0 Å². The van der Waals surface area contributed by atoms with Crippen LogP contribution in [0.25, 0.3) is 11.3 Å². The van der Waals surface area contributed by atoms with E-state index in [4.69, 9.17) is 5.73 Å². The van der Waals surface area contributed by atoms with Gasteiger partial charge in [0, 0.05) is 24.4 Å². The van der Waals surface area contributed by atoms with Gasteiger partial charge in [0.15, 0.2) is 11.6 Å². The van der Waals surface area contributed by atoms with E-state index in [0.717, 1.165) is 24.0 Å². The Morgan fingerprint density at radius 2 is 1.77 bits per heavy atom. The van der Waals surface area contributed by atoms with Crippen LogP contribution in [0.1, 0.15) is 35.4 Å². The Hall–Kier alpha value is -3.15. The number of unbranched alkanes of at least 4 members (excludes halogenated alkanes) is 1. The van der Waals surface area contributed by atoms with Gasteiger partial charge in [-0.15, -0.1) is 0 Å². The lowest BCUT2D eigenvalue weighted by Crippen LogP contribution is -2.08. The summed E-state index contributed by atoms with van der Waals surface area (Å²) in [5.41, 5.74) is 8.75. The maximum absolute atomic E-state index is 12.9. The van der Waals surface area contributed by atoms with E-state index in [1.54, 1.807) is 36.7 Å². The molecule has 26 heavy (non-hydrogen) atoms. The minimum absolute atomic E-state index is 0.112. The number of aromatic nitrogens is 3. The molecule has 2 aromatic heterocycles. The van der Waals surface area contributed by atoms with Gasteiger partial charge in [-0.25, -0.2) is 14.4 Å². The van der Waals surface area contributed by atoms with Crippen molar-refractivity contribution in [2.75, 3.05) is 5.73 Å². The summed E-state index contributed by atoms with van der Waals surface area (Å²) in [6, 6.07) is 10.0. The molecule has 132 valence electrons. The molecule has 0 atom stereocenters. The van der Waals surface area contributed by atoms with Crippen molar-refractivity contribution in [1.82, 2.24) is 15.0 Å². The third-order valence-electron chi connectivity index (χ3n) is 4.05. The van der Waals surface area contributed by atoms with Gasteiger partial charge in [-0.3, -0.25) is 9.78 Å². The maximum Gasteiger partial charge on any atom is 0.200 e. The molecule has 3 rings (SSSR count). The molecule has 6 heteroatoms. The Morgan fingerprint density at radius 3 is 2.50 bits per heavy atom. The number of ketones is 1. The predicted octanol–water partition coefficient (Wildman–Crippen LogP) is 3.86. The minimum atomic E-state index is -0.241. The topological polar surface area (TPSA) is 81.8 Å². The first-order chi connectivity index (χ1) is 12.6. The van der Waals surface area contributed by atoms with Crippen molar-refractivity contribution >= 4 is 11.5 Å². The molecule has 3 aromatic rings. The van der Waals surface area contributed by atoms with Crippen molar-refractivity contribution in [3.63, 3.8) is 0 Å². The Kier molecular flexibility index (Phi) is 5.63. The van der Waals surface area contributed by atoms with Crippen LogP contribution in [0.5, 0.6) is 0 Å². The van der Waals surface area contributed by atoms with Gasteiger partial charge in [0.25, 0.3) is 0 Å². The number of aryl methyl sites for hydroxylation is 1. The van der Waals surface area contributed by atoms with Crippen LogP contribution < -0.4 is 5.73 Å². The number of carbonyl (C=O) groups excluding carboxylic acids is 1. The van der Waals surface area contributed by atoms with E-state index < -0.39 is 0 Å². The second kappa shape index (κ2) is 8.29. The molecule has 2 heterocycles. The Bertz CT molecular complexity index is 882. The van der Waals surface area contributed by atoms with Gasteiger partial charge in [-0.05, 0) is 49.1 Å². The predicted molar refractivity (Wildman–Crippen MR) is 98.0 cm³/mol. The second-order valence-electron chi connectivity index (χ2n) is 5.99. The van der Waals surface area contributed by atoms with Crippen LogP contribution in [0.2, 0.25) is 0 Å². The van der Waals surface area contributed by atoms with Crippen LogP contribution in [0.3, 0.4) is 0 Å². The number of nitrogens with two attached hydrogens (primary N) is 1. The molecule has 2 N–H and O–H groups in total. The summed E-state index contributed by atoms with van der Waals surface area (Å²) >= 11 is 0. The molecule has 0 fully saturated rings. The molecule has 0 aliphatic carbocycles. The average molecular weight is 350 g/mol. The molecular formula is C20H19FN4O. The SMILES string of the molecule is Nc1cnc(C(=O)CCCCc2ccc(F)cc2)nc1-c1ccncc1. The monoisotopic (exact) mass is 350 g/mol. The van der Waals surface area contributed by atoms with Crippen molar-refractivity contribution in [2.24, 2.45) is 0 Å². The van der Waals surface area contributed by atoms with Crippen molar-refractivity contribution in [2.45, 2.75) is 25.7 Å². The number of hydrogen-bond acceptors (Lipinski definition) is 5. The summed E-state index contributed by atoms with van der Waals surface area (Å²) in [4.78, 5) is 24.7. The number of pyridine rings is 1. The molecule has 0 spiro atoms. The third-order valence-corrected chi connectivity index (χ3v) is 4.05. The minimum Gasteiger partial charge on any atom is -0.396 e. The van der Waals surface area contributed by atoms with Crippen LogP contribution in [-0.4, -0.2) is 20.7 Å². The number of carbonyl (C=O) groups is 1. The lowest BCUT2D eigenvalue weighted by Gasteiger charge is -2.07. The summed E-state index contributed by atoms with van der Waals surface area (Å²) in [5, 5.41) is 0. The smallest absolute Gasteiger partial charge is 0.200 e. The fraction of sp³-hybridized carbons (Fsp3) is 0.200. The molecular weight excluding hydrogens is 331 g/mol. The summed E-state index contributed by atoms with van der Waals surface area (Å²) in [6.45, 7) is 0. The zero-order valence-electron chi connectivity index (χ0n) is 14.2. The van der Waals surface area contributed by atoms with E-state index in [1.807, 2.05) is 0 Å². The average Bonchev–Trinajstić information content (AvgIpc) is 2.67. The van der Waals surface area contributed by atoms with Gasteiger partial charge in [-0.2, -0.15) is 0 Å². The van der Waals surface area contributed by atoms with Crippen LogP contribution in [0.4, 0.5) is 10.1 Å². The number of Topliss-reactive ketones (excluding diaryl/α,β-unsaturated/α-hetero) is 1. The number of nitrogen functional groups attached to an aromatic ring is 1. The highest BCUT2D eigenvalue weighted by Gasteiger charge is 2.13. The molecule has 0 bridgehead atoms. The van der Waals surface area contributed by atoms with Gasteiger partial charge in [0.05, 0.1) is 17.6 Å². The van der Waals surface area contributed by atoms with Crippen LogP contribution >= 0.6 is 0 Å². The van der Waals surface area contributed by atoms with Gasteiger partial charge in [-0.1, -0.05) is 12.1 Å². The van der Waals surface area contributed by atoms with Crippen LogP contribution in [-0.2, 0) is 6.42 Å². The molecule has 5 nitrogen and oxygen atoms in total. The highest BCUT2D eigenvalue weighted by Crippen LogP contribution is 2.22. The van der Waals surface area contributed by atoms with Gasteiger partial charge in [0.2, 0.25) is 0 Å². The van der Waals surface area contributed by atoms with Gasteiger partial charge < -0.3 is 5.73 Å². The number of anilines is 1. The normalized spacial score (nSPS) is 10.7. The lowest BCUT2D eigenvalue weighted by molar-refractivity contribution is 0.0969. The van der Waals surface area contributed by atoms with E-state index in [1.165, 1.54) is 18.3 Å². The molecule has 0 amide bonds. The summed E-state index contributed by atoms with van der Waals surface area (Å²) in [6.07, 6.45) is 7.48. The van der Waals surface area contributed by atoms with E-state index in [9.17, 15) is 9.18 Å². The number of rotatable bonds is 7. The molecule has 0 saturated carbocycles. The van der Waals surface area contributed by atoms with Crippen molar-refractivity contribution in [3.05, 3.63) is 72.2 Å². The summed E-state index contributed by atoms with van der Waals surface area (Å²) in [5.74, 6) is -0.179. The summed E-state index contributed by atoms with van der Waals surface area (Å²) in [7, 11) is 0. The maximum atomic E-state index is 12.9. The number of halogens is 1. The van der Waals surface area contributed by atoms with Gasteiger partial charge >= 0.3 is 0 Å². The fourth-order valence-electron chi connectivity index (χ4n) is 2.64. The lowest BCUT2D eigenvalue weighted by atomic mass is 10.1. The molecule has 0 saturated heterocycles. The Balaban J connectivity index is 1.59. The highest BCUT2D eigenvalue weighted by molar-refractivity contribution is 5.93. The first-order valence-corrected chi connectivity index (χ1v) is 8.44. The molecule has 0 radical (unpaired) electrons. The molecule has 0 aliphatic rings. The standard InChI is InChI=1S/C20H19FN4O/c21-16-7-5-14(6-8-16)3-1-2-4-18(26)20-24-13-17(22)19(25-20)15-9-11-23-12-10-15/h5-13H,1-4,22H2. The largest absolute Gasteiger partial charge is 0.396 e. The number of nitrogens with zero attached hydrogens (tertiary/aromatic N) is 3. The van der Waals surface area contributed by atoms with Crippen molar-refractivity contribution < 1.29 is 9.18 Å². The van der Waals surface area contributed by atoms with E-state index in [2.05, 4.69) is 15.0 Å². The quantitative estimate of drug-likeness (QED) is 0.517. The van der Waals surface area contributed by atoms with E-state index in [-0.39, 0.29) is 17.4 Å². The fourth-order valence-corrected chi connectivity index (χ4v) is 2.64. The zero-order valence-corrected chi connectivity index (χ0v) is 14.2.